The molecule has 1 atom stereocenters. The maximum Gasteiger partial charge on any atom is 0.254 e. The molecule has 31 heavy (non-hydrogen) atoms. The van der Waals surface area contributed by atoms with Gasteiger partial charge in [0.2, 0.25) is 5.91 Å². The molecule has 4 rings (SSSR count). The zero-order chi connectivity index (χ0) is 21.6. The Hall–Kier alpha value is -2.93. The Balaban J connectivity index is 1.31. The average molecular weight is 423 g/mol. The number of rotatable bonds is 7. The summed E-state index contributed by atoms with van der Waals surface area (Å²) >= 11 is 0. The number of nitrogens with zero attached hydrogens (tertiary/aromatic N) is 3. The molecule has 2 heterocycles. The van der Waals surface area contributed by atoms with Crippen molar-refractivity contribution in [1.29, 1.82) is 0 Å². The summed E-state index contributed by atoms with van der Waals surface area (Å²) in [5, 5.41) is 3.25. The number of hydrogen-bond acceptors (Lipinski definition) is 5. The van der Waals surface area contributed by atoms with Gasteiger partial charge in [-0.1, -0.05) is 12.1 Å². The zero-order valence-corrected chi connectivity index (χ0v) is 18.0. The Morgan fingerprint density at radius 1 is 1.06 bits per heavy atom. The van der Waals surface area contributed by atoms with E-state index >= 15 is 0 Å². The first-order valence-corrected chi connectivity index (χ1v) is 11.0. The van der Waals surface area contributed by atoms with Crippen molar-refractivity contribution in [2.24, 2.45) is 5.92 Å². The van der Waals surface area contributed by atoms with Crippen molar-refractivity contribution in [2.45, 2.75) is 25.3 Å². The van der Waals surface area contributed by atoms with Crippen molar-refractivity contribution in [3.05, 3.63) is 59.9 Å². The number of aromatic nitrogens is 1. The molecule has 2 amide bonds. The SMILES string of the molecule is COc1ccc([C@@H](NC(=O)CN2CCCN(C(=O)c3ccncc3)CC2)C2CC2)cc1. The lowest BCUT2D eigenvalue weighted by Crippen LogP contribution is -2.41. The molecule has 0 unspecified atom stereocenters. The lowest BCUT2D eigenvalue weighted by Gasteiger charge is -2.24. The minimum absolute atomic E-state index is 0.0296. The first-order valence-electron chi connectivity index (χ1n) is 11.0. The molecular formula is C24H30N4O3. The molecule has 1 aliphatic carbocycles. The fourth-order valence-electron chi connectivity index (χ4n) is 4.15. The Labute approximate surface area is 183 Å². The molecule has 0 spiro atoms. The van der Waals surface area contributed by atoms with Gasteiger partial charge in [0.15, 0.2) is 0 Å². The average Bonchev–Trinajstić information content (AvgIpc) is 3.66. The van der Waals surface area contributed by atoms with E-state index in [0.717, 1.165) is 37.1 Å². The van der Waals surface area contributed by atoms with Crippen LogP contribution in [0.25, 0.3) is 0 Å². The third-order valence-corrected chi connectivity index (χ3v) is 6.06. The molecule has 1 aromatic heterocycles. The van der Waals surface area contributed by atoms with Crippen molar-refractivity contribution < 1.29 is 14.3 Å². The van der Waals surface area contributed by atoms with E-state index in [0.29, 0.717) is 37.7 Å². The molecule has 1 N–H and O–H groups in total. The van der Waals surface area contributed by atoms with Crippen molar-refractivity contribution in [3.63, 3.8) is 0 Å². The van der Waals surface area contributed by atoms with Gasteiger partial charge in [0, 0.05) is 44.1 Å². The second-order valence-corrected chi connectivity index (χ2v) is 8.31. The fourth-order valence-corrected chi connectivity index (χ4v) is 4.15. The molecule has 1 aliphatic heterocycles. The number of benzene rings is 1. The number of nitrogens with one attached hydrogen (secondary N) is 1. The van der Waals surface area contributed by atoms with Crippen LogP contribution in [0, 0.1) is 5.92 Å². The van der Waals surface area contributed by atoms with Gasteiger partial charge in [-0.15, -0.1) is 0 Å². The van der Waals surface area contributed by atoms with Crippen LogP contribution in [0.1, 0.15) is 41.2 Å². The quantitative estimate of drug-likeness (QED) is 0.742. The number of methoxy groups -OCH3 is 1. The second kappa shape index (κ2) is 9.92. The van der Waals surface area contributed by atoms with Gasteiger partial charge in [-0.3, -0.25) is 19.5 Å². The summed E-state index contributed by atoms with van der Waals surface area (Å²) in [7, 11) is 1.65. The number of pyridine rings is 1. The van der Waals surface area contributed by atoms with Crippen LogP contribution in [0.2, 0.25) is 0 Å². The van der Waals surface area contributed by atoms with Gasteiger partial charge < -0.3 is 15.0 Å². The largest absolute Gasteiger partial charge is 0.497 e. The topological polar surface area (TPSA) is 74.8 Å². The molecule has 7 nitrogen and oxygen atoms in total. The molecule has 2 fully saturated rings. The molecule has 1 aromatic carbocycles. The van der Waals surface area contributed by atoms with Crippen LogP contribution in [0.4, 0.5) is 0 Å². The molecular weight excluding hydrogens is 392 g/mol. The highest BCUT2D eigenvalue weighted by atomic mass is 16.5. The van der Waals surface area contributed by atoms with Gasteiger partial charge in [0.1, 0.15) is 5.75 Å². The summed E-state index contributed by atoms with van der Waals surface area (Å²) in [6.45, 7) is 3.19. The van der Waals surface area contributed by atoms with Gasteiger partial charge >= 0.3 is 0 Å². The molecule has 1 saturated carbocycles. The number of carbonyl (C=O) groups is 2. The highest BCUT2D eigenvalue weighted by Crippen LogP contribution is 2.41. The Bertz CT molecular complexity index is 883. The number of carbonyl (C=O) groups excluding carboxylic acids is 2. The third kappa shape index (κ3) is 5.61. The standard InChI is InChI=1S/C24H30N4O3/c1-31-21-7-5-19(6-8-21)23(18-3-4-18)26-22(29)17-27-13-2-14-28(16-15-27)24(30)20-9-11-25-12-10-20/h5-12,18,23H,2-4,13-17H2,1H3,(H,26,29)/t23-/m0/s1. The Kier molecular flexibility index (Phi) is 6.82. The molecule has 0 bridgehead atoms. The van der Waals surface area contributed by atoms with Gasteiger partial charge in [-0.25, -0.2) is 0 Å². The summed E-state index contributed by atoms with van der Waals surface area (Å²) in [5.74, 6) is 1.40. The smallest absolute Gasteiger partial charge is 0.254 e. The summed E-state index contributed by atoms with van der Waals surface area (Å²) in [4.78, 5) is 33.5. The number of ether oxygens (including phenoxy) is 1. The summed E-state index contributed by atoms with van der Waals surface area (Å²) in [6.07, 6.45) is 6.43. The Morgan fingerprint density at radius 2 is 1.81 bits per heavy atom. The van der Waals surface area contributed by atoms with E-state index in [4.69, 9.17) is 4.74 Å². The van der Waals surface area contributed by atoms with Crippen LogP contribution in [-0.4, -0.2) is 66.4 Å². The monoisotopic (exact) mass is 422 g/mol. The van der Waals surface area contributed by atoms with E-state index in [1.54, 1.807) is 31.6 Å². The van der Waals surface area contributed by atoms with Crippen LogP contribution in [0.15, 0.2) is 48.8 Å². The zero-order valence-electron chi connectivity index (χ0n) is 18.0. The van der Waals surface area contributed by atoms with Gasteiger partial charge in [-0.05, 0) is 55.0 Å². The van der Waals surface area contributed by atoms with Crippen LogP contribution in [0.5, 0.6) is 5.75 Å². The normalized spacial score (nSPS) is 18.2. The summed E-state index contributed by atoms with van der Waals surface area (Å²) < 4.78 is 5.25. The van der Waals surface area contributed by atoms with Gasteiger partial charge in [0.25, 0.3) is 5.91 Å². The molecule has 0 radical (unpaired) electrons. The predicted octanol–water partition coefficient (Wildman–Crippen LogP) is 2.51. The number of hydrogen-bond donors (Lipinski definition) is 1. The molecule has 2 aromatic rings. The van der Waals surface area contributed by atoms with E-state index in [-0.39, 0.29) is 17.9 Å². The second-order valence-electron chi connectivity index (χ2n) is 8.31. The first-order chi connectivity index (χ1) is 15.1. The van der Waals surface area contributed by atoms with Crippen molar-refractivity contribution in [2.75, 3.05) is 39.8 Å². The van der Waals surface area contributed by atoms with Crippen molar-refractivity contribution in [1.82, 2.24) is 20.1 Å². The van der Waals surface area contributed by atoms with E-state index in [1.165, 1.54) is 0 Å². The lowest BCUT2D eigenvalue weighted by atomic mass is 10.0. The third-order valence-electron chi connectivity index (χ3n) is 6.06. The van der Waals surface area contributed by atoms with Crippen LogP contribution < -0.4 is 10.1 Å². The van der Waals surface area contributed by atoms with E-state index in [9.17, 15) is 9.59 Å². The summed E-state index contributed by atoms with van der Waals surface area (Å²) in [6, 6.07) is 11.5. The van der Waals surface area contributed by atoms with Gasteiger partial charge in [0.05, 0.1) is 19.7 Å². The maximum absolute atomic E-state index is 12.8. The summed E-state index contributed by atoms with van der Waals surface area (Å²) in [5.41, 5.74) is 1.79. The van der Waals surface area contributed by atoms with Crippen molar-refractivity contribution >= 4 is 11.8 Å². The van der Waals surface area contributed by atoms with Crippen LogP contribution in [0.3, 0.4) is 0 Å². The Morgan fingerprint density at radius 3 is 2.48 bits per heavy atom. The first kappa shape index (κ1) is 21.3. The van der Waals surface area contributed by atoms with E-state index in [1.807, 2.05) is 29.2 Å². The van der Waals surface area contributed by atoms with Crippen molar-refractivity contribution in [3.8, 4) is 5.75 Å². The highest BCUT2D eigenvalue weighted by molar-refractivity contribution is 5.94. The molecule has 2 aliphatic rings. The fraction of sp³-hybridized carbons (Fsp3) is 0.458. The highest BCUT2D eigenvalue weighted by Gasteiger charge is 2.33. The predicted molar refractivity (Wildman–Crippen MR) is 118 cm³/mol. The molecule has 164 valence electrons. The molecule has 1 saturated heterocycles. The van der Waals surface area contributed by atoms with E-state index in [2.05, 4.69) is 15.2 Å². The minimum Gasteiger partial charge on any atom is -0.497 e. The van der Waals surface area contributed by atoms with Crippen LogP contribution >= 0.6 is 0 Å². The molecule has 7 heteroatoms. The van der Waals surface area contributed by atoms with E-state index < -0.39 is 0 Å². The maximum atomic E-state index is 12.8. The van der Waals surface area contributed by atoms with Gasteiger partial charge in [-0.2, -0.15) is 0 Å². The van der Waals surface area contributed by atoms with Crippen LogP contribution in [-0.2, 0) is 4.79 Å². The number of amides is 2. The lowest BCUT2D eigenvalue weighted by molar-refractivity contribution is -0.123. The minimum atomic E-state index is 0.0296.